The highest BCUT2D eigenvalue weighted by atomic mass is 16.5. The van der Waals surface area contributed by atoms with Crippen molar-refractivity contribution in [1.82, 2.24) is 0 Å². The number of hydrogen-bond acceptors (Lipinski definition) is 4. The first-order valence-corrected chi connectivity index (χ1v) is 9.77. The van der Waals surface area contributed by atoms with Crippen molar-refractivity contribution in [2.45, 2.75) is 54.6 Å². The maximum absolute atomic E-state index is 11.9. The molecule has 5 nitrogen and oxygen atoms in total. The Morgan fingerprint density at radius 2 is 1.53 bits per heavy atom. The smallest absolute Gasteiger partial charge is 0.337 e. The van der Waals surface area contributed by atoms with Gasteiger partial charge in [0, 0.05) is 6.08 Å². The first-order chi connectivity index (χ1) is 13.9. The van der Waals surface area contributed by atoms with E-state index in [2.05, 4.69) is 0 Å². The van der Waals surface area contributed by atoms with Crippen molar-refractivity contribution in [3.8, 4) is 0 Å². The van der Waals surface area contributed by atoms with Crippen molar-refractivity contribution < 1.29 is 24.5 Å². The number of esters is 1. The lowest BCUT2D eigenvalue weighted by Crippen LogP contribution is -2.41. The zero-order chi connectivity index (χ0) is 23.1. The average molecular weight is 413 g/mol. The Kier molecular flexibility index (Phi) is 8.84. The molecule has 1 atom stereocenters. The molecule has 0 aromatic rings. The molecule has 0 saturated carbocycles. The Morgan fingerprint density at radius 1 is 0.967 bits per heavy atom. The van der Waals surface area contributed by atoms with Gasteiger partial charge in [0.15, 0.2) is 0 Å². The van der Waals surface area contributed by atoms with Crippen LogP contribution in [0.5, 0.6) is 0 Å². The fraction of sp³-hybridized carbons (Fsp3) is 0.360. The molecule has 1 aliphatic heterocycles. The number of rotatable bonds is 7. The minimum atomic E-state index is -0.960. The third-order valence-corrected chi connectivity index (χ3v) is 4.77. The Hall–Kier alpha value is -3.08. The van der Waals surface area contributed by atoms with Crippen molar-refractivity contribution in [2.24, 2.45) is 5.41 Å². The molecule has 0 saturated heterocycles. The molecule has 5 heteroatoms. The standard InChI is InChI=1S/C25H32O5/c1-16(13-17(2)14-18(3)15-21(26)27)11-9-8-10-12-19(4)23-25(6,7)22(28)20(5)24(29)30-23/h8-15,23,28H,1-7H3,(H,26,27)/t23-/m0/s1. The zero-order valence-corrected chi connectivity index (χ0v) is 18.8. The van der Waals surface area contributed by atoms with Gasteiger partial charge in [-0.1, -0.05) is 53.7 Å². The first-order valence-electron chi connectivity index (χ1n) is 9.77. The van der Waals surface area contributed by atoms with E-state index >= 15 is 0 Å². The minimum Gasteiger partial charge on any atom is -0.511 e. The third kappa shape index (κ3) is 7.07. The molecule has 162 valence electrons. The molecule has 30 heavy (non-hydrogen) atoms. The van der Waals surface area contributed by atoms with E-state index in [0.29, 0.717) is 5.57 Å². The normalized spacial score (nSPS) is 21.6. The van der Waals surface area contributed by atoms with Crippen LogP contribution in [0.25, 0.3) is 0 Å². The Labute approximate surface area is 179 Å². The molecular weight excluding hydrogens is 380 g/mol. The van der Waals surface area contributed by atoms with Crippen molar-refractivity contribution >= 4 is 11.9 Å². The van der Waals surface area contributed by atoms with Crippen LogP contribution in [0.1, 0.15) is 48.5 Å². The van der Waals surface area contributed by atoms with Crippen LogP contribution in [-0.4, -0.2) is 28.3 Å². The van der Waals surface area contributed by atoms with Gasteiger partial charge in [-0.25, -0.2) is 9.59 Å². The largest absolute Gasteiger partial charge is 0.511 e. The number of carboxylic acids is 1. The molecule has 0 amide bonds. The summed E-state index contributed by atoms with van der Waals surface area (Å²) in [6, 6.07) is 0. The lowest BCUT2D eigenvalue weighted by Gasteiger charge is -2.38. The Morgan fingerprint density at radius 3 is 2.13 bits per heavy atom. The van der Waals surface area contributed by atoms with Crippen LogP contribution in [0.3, 0.4) is 0 Å². The van der Waals surface area contributed by atoms with Crippen LogP contribution in [0, 0.1) is 5.41 Å². The summed E-state index contributed by atoms with van der Waals surface area (Å²) in [6.45, 7) is 12.7. The van der Waals surface area contributed by atoms with Crippen LogP contribution in [0.2, 0.25) is 0 Å². The van der Waals surface area contributed by atoms with E-state index in [0.717, 1.165) is 16.7 Å². The maximum Gasteiger partial charge on any atom is 0.337 e. The maximum atomic E-state index is 11.9. The van der Waals surface area contributed by atoms with E-state index < -0.39 is 23.5 Å². The van der Waals surface area contributed by atoms with Gasteiger partial charge in [0.1, 0.15) is 11.9 Å². The SMILES string of the molecule is CC(=CC(=O)O)C=C(C)C=C(C)C=CC=CC=C(C)[C@@H]1OC(=O)C(C)=C(O)C1(C)C. The predicted molar refractivity (Wildman–Crippen MR) is 120 cm³/mol. The number of hydrogen-bond donors (Lipinski definition) is 2. The van der Waals surface area contributed by atoms with Crippen LogP contribution < -0.4 is 0 Å². The lowest BCUT2D eigenvalue weighted by atomic mass is 9.77. The summed E-state index contributed by atoms with van der Waals surface area (Å²) in [5, 5.41) is 19.1. The number of cyclic esters (lactones) is 1. The molecule has 1 aliphatic rings. The number of ether oxygens (including phenoxy) is 1. The number of carboxylic acid groups (broad SMARTS) is 1. The van der Waals surface area contributed by atoms with E-state index in [1.807, 2.05) is 77.2 Å². The molecule has 0 bridgehead atoms. The molecule has 0 aromatic carbocycles. The monoisotopic (exact) mass is 412 g/mol. The summed E-state index contributed by atoms with van der Waals surface area (Å²) in [6.07, 6.45) is 13.8. The third-order valence-electron chi connectivity index (χ3n) is 4.77. The number of aliphatic hydroxyl groups excluding tert-OH is 1. The van der Waals surface area contributed by atoms with Crippen molar-refractivity contribution in [1.29, 1.82) is 0 Å². The van der Waals surface area contributed by atoms with E-state index in [1.54, 1.807) is 13.8 Å². The molecule has 1 rings (SSSR count). The fourth-order valence-corrected chi connectivity index (χ4v) is 3.32. The Bertz CT molecular complexity index is 902. The second-order valence-corrected chi connectivity index (χ2v) is 8.14. The van der Waals surface area contributed by atoms with Crippen molar-refractivity contribution in [2.75, 3.05) is 0 Å². The molecule has 0 fully saturated rings. The molecule has 0 spiro atoms. The summed E-state index contributed by atoms with van der Waals surface area (Å²) in [5.74, 6) is -1.39. The van der Waals surface area contributed by atoms with Gasteiger partial charge in [-0.2, -0.15) is 0 Å². The molecule has 0 aromatic heterocycles. The van der Waals surface area contributed by atoms with Crippen LogP contribution in [-0.2, 0) is 14.3 Å². The van der Waals surface area contributed by atoms with Crippen molar-refractivity contribution in [3.63, 3.8) is 0 Å². The Balaban J connectivity index is 2.83. The van der Waals surface area contributed by atoms with Gasteiger partial charge in [0.2, 0.25) is 0 Å². The second kappa shape index (κ2) is 10.6. The number of carbonyl (C=O) groups is 2. The molecule has 0 radical (unpaired) electrons. The highest BCUT2D eigenvalue weighted by Gasteiger charge is 2.43. The van der Waals surface area contributed by atoms with Gasteiger partial charge in [-0.05, 0) is 59.6 Å². The van der Waals surface area contributed by atoms with E-state index in [-0.39, 0.29) is 11.3 Å². The fourth-order valence-electron chi connectivity index (χ4n) is 3.32. The quantitative estimate of drug-likeness (QED) is 0.316. The summed E-state index contributed by atoms with van der Waals surface area (Å²) in [7, 11) is 0. The molecule has 2 N–H and O–H groups in total. The van der Waals surface area contributed by atoms with Gasteiger partial charge >= 0.3 is 11.9 Å². The average Bonchev–Trinajstić information content (AvgIpc) is 2.61. The summed E-state index contributed by atoms with van der Waals surface area (Å²) >= 11 is 0. The number of aliphatic carboxylic acids is 1. The summed E-state index contributed by atoms with van der Waals surface area (Å²) < 4.78 is 5.51. The van der Waals surface area contributed by atoms with Gasteiger partial charge < -0.3 is 14.9 Å². The topological polar surface area (TPSA) is 83.8 Å². The summed E-state index contributed by atoms with van der Waals surface area (Å²) in [4.78, 5) is 22.6. The highest BCUT2D eigenvalue weighted by molar-refractivity contribution is 5.90. The minimum absolute atomic E-state index is 0.0676. The van der Waals surface area contributed by atoms with Crippen LogP contribution in [0.4, 0.5) is 0 Å². The molecule has 1 heterocycles. The number of carbonyl (C=O) groups excluding carboxylic acids is 1. The number of aliphatic hydroxyl groups is 1. The second-order valence-electron chi connectivity index (χ2n) is 8.14. The van der Waals surface area contributed by atoms with Gasteiger partial charge in [-0.15, -0.1) is 0 Å². The number of allylic oxidation sites excluding steroid dienone is 10. The molecular formula is C25H32O5. The van der Waals surface area contributed by atoms with Gasteiger partial charge in [0.05, 0.1) is 11.0 Å². The van der Waals surface area contributed by atoms with E-state index in [4.69, 9.17) is 9.84 Å². The highest BCUT2D eigenvalue weighted by Crippen LogP contribution is 2.40. The molecule has 0 unspecified atom stereocenters. The summed E-state index contributed by atoms with van der Waals surface area (Å²) in [5.41, 5.74) is 3.06. The van der Waals surface area contributed by atoms with Gasteiger partial charge in [-0.3, -0.25) is 0 Å². The first kappa shape index (κ1) is 25.0. The van der Waals surface area contributed by atoms with Crippen LogP contribution >= 0.6 is 0 Å². The molecule has 0 aliphatic carbocycles. The predicted octanol–water partition coefficient (Wildman–Crippen LogP) is 5.75. The zero-order valence-electron chi connectivity index (χ0n) is 18.8. The van der Waals surface area contributed by atoms with Crippen molar-refractivity contribution in [3.05, 3.63) is 82.2 Å². The van der Waals surface area contributed by atoms with Gasteiger partial charge in [0.25, 0.3) is 0 Å². The lowest BCUT2D eigenvalue weighted by molar-refractivity contribution is -0.151. The van der Waals surface area contributed by atoms with Crippen LogP contribution in [0.15, 0.2) is 82.2 Å². The van der Waals surface area contributed by atoms with E-state index in [1.165, 1.54) is 6.08 Å². The van der Waals surface area contributed by atoms with E-state index in [9.17, 15) is 14.7 Å².